The van der Waals surface area contributed by atoms with Gasteiger partial charge in [-0.25, -0.2) is 9.97 Å². The molecule has 1 saturated heterocycles. The van der Waals surface area contributed by atoms with Gasteiger partial charge >= 0.3 is 0 Å². The number of hydrogen-bond donors (Lipinski definition) is 1. The van der Waals surface area contributed by atoms with Crippen molar-refractivity contribution in [2.24, 2.45) is 5.92 Å². The van der Waals surface area contributed by atoms with E-state index in [1.165, 1.54) is 6.42 Å². The van der Waals surface area contributed by atoms with Crippen LogP contribution in [0.1, 0.15) is 34.5 Å². The van der Waals surface area contributed by atoms with Gasteiger partial charge in [0, 0.05) is 26.0 Å². The summed E-state index contributed by atoms with van der Waals surface area (Å²) in [6.07, 6.45) is 5.09. The van der Waals surface area contributed by atoms with Gasteiger partial charge in [0.2, 0.25) is 0 Å². The summed E-state index contributed by atoms with van der Waals surface area (Å²) >= 11 is 0. The summed E-state index contributed by atoms with van der Waals surface area (Å²) < 4.78 is 6.12. The first-order chi connectivity index (χ1) is 12.6. The average molecular weight is 351 g/mol. The summed E-state index contributed by atoms with van der Waals surface area (Å²) in [7, 11) is 0. The molecule has 1 aliphatic carbocycles. The first kappa shape index (κ1) is 15.6. The Morgan fingerprint density at radius 3 is 2.92 bits per heavy atom. The lowest BCUT2D eigenvalue weighted by molar-refractivity contribution is 0.200. The minimum absolute atomic E-state index is 0. The van der Waals surface area contributed by atoms with Gasteiger partial charge in [-0.05, 0) is 50.3 Å². The molecule has 6 nitrogen and oxygen atoms in total. The fourth-order valence-electron chi connectivity index (χ4n) is 3.61. The molecular formula is C20H25N5O. The molecule has 26 heavy (non-hydrogen) atoms. The molecule has 0 amide bonds. The normalized spacial score (nSPS) is 21.3. The molecule has 2 aliphatic rings. The quantitative estimate of drug-likeness (QED) is 0.768. The monoisotopic (exact) mass is 351 g/mol. The fourth-order valence-corrected chi connectivity index (χ4v) is 3.61. The molecule has 1 N–H and O–H groups in total. The number of fused-ring (bicyclic) bond motifs is 1. The first-order valence-electron chi connectivity index (χ1n) is 9.34. The lowest BCUT2D eigenvalue weighted by atomic mass is 10.1. The van der Waals surface area contributed by atoms with E-state index in [0.717, 1.165) is 59.8 Å². The molecule has 2 fully saturated rings. The van der Waals surface area contributed by atoms with Gasteiger partial charge in [-0.15, -0.1) is 0 Å². The van der Waals surface area contributed by atoms with E-state index in [1.807, 2.05) is 18.2 Å². The Bertz CT molecular complexity index is 968. The molecule has 2 aromatic heterocycles. The molecule has 3 heterocycles. The Hall–Kier alpha value is -2.63. The van der Waals surface area contributed by atoms with E-state index in [9.17, 15) is 0 Å². The zero-order valence-electron chi connectivity index (χ0n) is 15.2. The van der Waals surface area contributed by atoms with Crippen LogP contribution in [0.2, 0.25) is 0 Å². The predicted octanol–water partition coefficient (Wildman–Crippen LogP) is 4.04. The van der Waals surface area contributed by atoms with Crippen molar-refractivity contribution in [3.63, 3.8) is 0 Å². The van der Waals surface area contributed by atoms with Crippen molar-refractivity contribution in [2.45, 2.75) is 38.7 Å². The number of anilines is 1. The van der Waals surface area contributed by atoms with Crippen molar-refractivity contribution >= 4 is 16.7 Å². The van der Waals surface area contributed by atoms with Gasteiger partial charge in [-0.3, -0.25) is 5.10 Å². The van der Waals surface area contributed by atoms with Gasteiger partial charge in [-0.2, -0.15) is 5.10 Å². The van der Waals surface area contributed by atoms with Crippen molar-refractivity contribution in [3.05, 3.63) is 30.6 Å². The van der Waals surface area contributed by atoms with Crippen LogP contribution in [0.5, 0.6) is 5.75 Å². The van der Waals surface area contributed by atoms with Gasteiger partial charge in [0.15, 0.2) is 0 Å². The minimum atomic E-state index is 0. The predicted molar refractivity (Wildman–Crippen MR) is 103 cm³/mol. The van der Waals surface area contributed by atoms with E-state index in [0.29, 0.717) is 5.92 Å². The van der Waals surface area contributed by atoms with Gasteiger partial charge in [0.25, 0.3) is 0 Å². The Balaban J connectivity index is 0.00000180. The zero-order valence-corrected chi connectivity index (χ0v) is 15.2. The summed E-state index contributed by atoms with van der Waals surface area (Å²) in [5.41, 5.74) is 2.69. The van der Waals surface area contributed by atoms with E-state index in [4.69, 9.17) is 4.74 Å². The van der Waals surface area contributed by atoms with Crippen molar-refractivity contribution in [2.75, 3.05) is 18.0 Å². The standard InChI is InChI=1S/C20H23N5O.H2/c1-13-5-8-25(11-13)18-10-17(21-12-22-18)19-15-9-14(26-20(2)6-7-20)3-4-16(15)23-24-19;/h3-4,9-10,12-13H,5-8,11H2,1-2H3,(H,23,24);1H. The summed E-state index contributed by atoms with van der Waals surface area (Å²) in [4.78, 5) is 11.3. The number of nitrogens with one attached hydrogen (secondary N) is 1. The molecular weight excluding hydrogens is 326 g/mol. The number of hydrogen-bond acceptors (Lipinski definition) is 5. The molecule has 1 atom stereocenters. The van der Waals surface area contributed by atoms with Crippen molar-refractivity contribution < 1.29 is 6.16 Å². The molecule has 0 bridgehead atoms. The molecule has 0 spiro atoms. The highest BCUT2D eigenvalue weighted by Gasteiger charge is 2.40. The van der Waals surface area contributed by atoms with Gasteiger partial charge in [0.05, 0.1) is 11.2 Å². The van der Waals surface area contributed by atoms with Crippen molar-refractivity contribution in [1.82, 2.24) is 20.2 Å². The van der Waals surface area contributed by atoms with Crippen LogP contribution in [0.25, 0.3) is 22.3 Å². The summed E-state index contributed by atoms with van der Waals surface area (Å²) in [6, 6.07) is 8.14. The molecule has 5 rings (SSSR count). The van der Waals surface area contributed by atoms with Crippen LogP contribution >= 0.6 is 0 Å². The first-order valence-corrected chi connectivity index (χ1v) is 9.34. The van der Waals surface area contributed by atoms with Crippen LogP contribution in [0.4, 0.5) is 5.82 Å². The van der Waals surface area contributed by atoms with Crippen LogP contribution in [0.15, 0.2) is 30.6 Å². The average Bonchev–Trinajstić information content (AvgIpc) is 3.05. The van der Waals surface area contributed by atoms with Crippen LogP contribution < -0.4 is 9.64 Å². The zero-order chi connectivity index (χ0) is 17.7. The number of ether oxygens (including phenoxy) is 1. The van der Waals surface area contributed by atoms with E-state index in [2.05, 4.69) is 45.0 Å². The van der Waals surface area contributed by atoms with Crippen molar-refractivity contribution in [1.29, 1.82) is 0 Å². The van der Waals surface area contributed by atoms with Crippen molar-refractivity contribution in [3.8, 4) is 17.1 Å². The number of aromatic nitrogens is 4. The third-order valence-corrected chi connectivity index (χ3v) is 5.50. The van der Waals surface area contributed by atoms with Gasteiger partial charge in [-0.1, -0.05) is 6.92 Å². The summed E-state index contributed by atoms with van der Waals surface area (Å²) in [5, 5.41) is 8.65. The Labute approximate surface area is 154 Å². The molecule has 0 radical (unpaired) electrons. The van der Waals surface area contributed by atoms with E-state index < -0.39 is 0 Å². The highest BCUT2D eigenvalue weighted by molar-refractivity contribution is 5.93. The third-order valence-electron chi connectivity index (χ3n) is 5.50. The van der Waals surface area contributed by atoms with Crippen LogP contribution in [-0.2, 0) is 0 Å². The number of nitrogens with zero attached hydrogens (tertiary/aromatic N) is 4. The largest absolute Gasteiger partial charge is 0.488 e. The second kappa shape index (κ2) is 5.69. The fraction of sp³-hybridized carbons (Fsp3) is 0.450. The van der Waals surface area contributed by atoms with Gasteiger partial charge < -0.3 is 9.64 Å². The Kier molecular flexibility index (Phi) is 3.42. The maximum absolute atomic E-state index is 6.12. The van der Waals surface area contributed by atoms with E-state index in [-0.39, 0.29) is 7.03 Å². The molecule has 3 aromatic rings. The van der Waals surface area contributed by atoms with E-state index in [1.54, 1.807) is 6.33 Å². The topological polar surface area (TPSA) is 66.9 Å². The van der Waals surface area contributed by atoms with Crippen LogP contribution in [-0.4, -0.2) is 38.9 Å². The molecule has 1 saturated carbocycles. The number of benzene rings is 1. The lowest BCUT2D eigenvalue weighted by Gasteiger charge is -2.16. The van der Waals surface area contributed by atoms with E-state index >= 15 is 0 Å². The summed E-state index contributed by atoms with van der Waals surface area (Å²) in [5.74, 6) is 2.58. The SMILES string of the molecule is CC1CCN(c2cc(-c3n[nH]c4ccc(OC5(C)CC5)cc34)ncn2)C1.[HH]. The maximum Gasteiger partial charge on any atom is 0.132 e. The lowest BCUT2D eigenvalue weighted by Crippen LogP contribution is -2.20. The Morgan fingerprint density at radius 2 is 2.15 bits per heavy atom. The maximum atomic E-state index is 6.12. The molecule has 1 aliphatic heterocycles. The molecule has 6 heteroatoms. The second-order valence-corrected chi connectivity index (χ2v) is 7.93. The van der Waals surface area contributed by atoms with Crippen LogP contribution in [0.3, 0.4) is 0 Å². The highest BCUT2D eigenvalue weighted by Crippen LogP contribution is 2.40. The highest BCUT2D eigenvalue weighted by atomic mass is 16.5. The summed E-state index contributed by atoms with van der Waals surface area (Å²) in [6.45, 7) is 6.54. The second-order valence-electron chi connectivity index (χ2n) is 7.93. The number of aromatic amines is 1. The molecule has 1 unspecified atom stereocenters. The third kappa shape index (κ3) is 2.79. The number of rotatable bonds is 4. The minimum Gasteiger partial charge on any atom is -0.488 e. The molecule has 1 aromatic carbocycles. The van der Waals surface area contributed by atoms with Gasteiger partial charge in [0.1, 0.15) is 29.2 Å². The Morgan fingerprint density at radius 1 is 1.27 bits per heavy atom. The number of H-pyrrole nitrogens is 1. The van der Waals surface area contributed by atoms with Crippen LogP contribution in [0, 0.1) is 5.92 Å². The molecule has 136 valence electrons. The smallest absolute Gasteiger partial charge is 0.132 e.